The van der Waals surface area contributed by atoms with Crippen LogP contribution in [0.2, 0.25) is 0 Å². The van der Waals surface area contributed by atoms with E-state index < -0.39 is 0 Å². The lowest BCUT2D eigenvalue weighted by atomic mass is 10.5. The fraction of sp³-hybridized carbons (Fsp3) is 1.00. The molecule has 0 radical (unpaired) electrons. The van der Waals surface area contributed by atoms with Crippen LogP contribution in [0.15, 0.2) is 0 Å². The fourth-order valence-corrected chi connectivity index (χ4v) is 0.247. The zero-order chi connectivity index (χ0) is 6.62. The van der Waals surface area contributed by atoms with Crippen molar-refractivity contribution in [1.82, 2.24) is 0 Å². The third-order valence-corrected chi connectivity index (χ3v) is 0.697. The number of hydrogen-bond acceptors (Lipinski definition) is 1. The highest BCUT2D eigenvalue weighted by molar-refractivity contribution is 4.17. The molecule has 44 valence electrons. The standard InChI is InChI=1S/C5H13NO/c1-6(2,3)4-5-7/h4-5H2,1-3H3/i1D. The monoisotopic (exact) mass is 104 g/mol. The fourth-order valence-electron chi connectivity index (χ4n) is 0.247. The first-order valence-electron chi connectivity index (χ1n) is 3.02. The van der Waals surface area contributed by atoms with Crippen LogP contribution in [-0.2, 0) is 0 Å². The Morgan fingerprint density at radius 3 is 2.43 bits per heavy atom. The molecule has 0 atom stereocenters. The largest absolute Gasteiger partial charge is 0.850 e. The van der Waals surface area contributed by atoms with Crippen LogP contribution in [0.1, 0.15) is 1.37 Å². The van der Waals surface area contributed by atoms with Crippen molar-refractivity contribution in [2.45, 2.75) is 0 Å². The molecule has 0 aromatic carbocycles. The Hall–Kier alpha value is -0.0800. The second-order valence-electron chi connectivity index (χ2n) is 2.36. The summed E-state index contributed by atoms with van der Waals surface area (Å²) in [5.74, 6) is 0. The van der Waals surface area contributed by atoms with E-state index >= 15 is 0 Å². The van der Waals surface area contributed by atoms with Crippen LogP contribution in [0.3, 0.4) is 0 Å². The Morgan fingerprint density at radius 2 is 2.29 bits per heavy atom. The zero-order valence-corrected chi connectivity index (χ0v) is 4.98. The molecule has 0 aromatic heterocycles. The normalized spacial score (nSPS) is 13.9. The average molecular weight is 104 g/mol. The van der Waals surface area contributed by atoms with E-state index in [9.17, 15) is 5.11 Å². The van der Waals surface area contributed by atoms with Crippen LogP contribution in [-0.4, -0.2) is 38.8 Å². The maximum Gasteiger partial charge on any atom is 0.0886 e. The molecule has 0 N–H and O–H groups in total. The van der Waals surface area contributed by atoms with Crippen LogP contribution in [0.5, 0.6) is 0 Å². The van der Waals surface area contributed by atoms with Crippen molar-refractivity contribution in [2.24, 2.45) is 0 Å². The molecule has 0 aliphatic carbocycles. The first kappa shape index (κ1) is 5.06. The van der Waals surface area contributed by atoms with Gasteiger partial charge in [0.1, 0.15) is 0 Å². The lowest BCUT2D eigenvalue weighted by Gasteiger charge is -2.25. The third-order valence-electron chi connectivity index (χ3n) is 0.697. The van der Waals surface area contributed by atoms with Crippen LogP contribution >= 0.6 is 0 Å². The maximum absolute atomic E-state index is 10.0. The van der Waals surface area contributed by atoms with E-state index in [-0.39, 0.29) is 6.61 Å². The van der Waals surface area contributed by atoms with Crippen molar-refractivity contribution in [1.29, 1.82) is 0 Å². The highest BCUT2D eigenvalue weighted by Gasteiger charge is 1.99. The molecule has 0 heterocycles. The molecule has 0 saturated carbocycles. The molecule has 0 aliphatic rings. The second kappa shape index (κ2) is 2.28. The molecular formula is C5H13NO. The molecule has 0 unspecified atom stereocenters. The predicted octanol–water partition coefficient (Wildman–Crippen LogP) is -0.947. The molecule has 0 aliphatic heterocycles. The summed E-state index contributed by atoms with van der Waals surface area (Å²) in [4.78, 5) is 0. The van der Waals surface area contributed by atoms with Gasteiger partial charge in [-0.3, -0.25) is 0 Å². The summed E-state index contributed by atoms with van der Waals surface area (Å²) in [6.07, 6.45) is 0. The van der Waals surface area contributed by atoms with Crippen LogP contribution in [0.25, 0.3) is 0 Å². The molecule has 2 nitrogen and oxygen atoms in total. The summed E-state index contributed by atoms with van der Waals surface area (Å²) < 4.78 is 7.46. The van der Waals surface area contributed by atoms with Gasteiger partial charge in [-0.05, 0) is 0 Å². The average Bonchev–Trinajstić information content (AvgIpc) is 1.67. The summed E-state index contributed by atoms with van der Waals surface area (Å²) in [6.45, 7) is 0.482. The van der Waals surface area contributed by atoms with Crippen molar-refractivity contribution in [2.75, 3.05) is 34.3 Å². The summed E-state index contributed by atoms with van der Waals surface area (Å²) in [5, 5.41) is 10.0. The number of nitrogens with zero attached hydrogens (tertiary/aromatic N) is 1. The van der Waals surface area contributed by atoms with E-state index in [2.05, 4.69) is 0 Å². The third kappa shape index (κ3) is 5.92. The van der Waals surface area contributed by atoms with E-state index in [0.29, 0.717) is 18.1 Å². The summed E-state index contributed by atoms with van der Waals surface area (Å²) in [7, 11) is 4.05. The molecule has 0 spiro atoms. The Bertz CT molecular complexity index is 65.4. The number of likely N-dealkylation sites (N-methyl/N-ethyl adjacent to an activating group) is 1. The van der Waals surface area contributed by atoms with Crippen molar-refractivity contribution in [3.05, 3.63) is 0 Å². The van der Waals surface area contributed by atoms with Gasteiger partial charge in [0.05, 0.1) is 29.0 Å². The number of quaternary nitrogens is 1. The Balaban J connectivity index is 3.37. The van der Waals surface area contributed by atoms with E-state index in [0.717, 1.165) is 0 Å². The molecule has 0 aromatic rings. The predicted molar refractivity (Wildman–Crippen MR) is 27.8 cm³/mol. The van der Waals surface area contributed by atoms with Crippen molar-refractivity contribution in [3.8, 4) is 0 Å². The molecule has 0 fully saturated rings. The Labute approximate surface area is 46.4 Å². The summed E-state index contributed by atoms with van der Waals surface area (Å²) >= 11 is 0. The molecule has 7 heavy (non-hydrogen) atoms. The lowest BCUT2D eigenvalue weighted by molar-refractivity contribution is -0.875. The minimum atomic E-state index is -0.0775. The van der Waals surface area contributed by atoms with Gasteiger partial charge in [-0.1, -0.05) is 6.61 Å². The molecule has 0 bridgehead atoms. The number of hydrogen-bond donors (Lipinski definition) is 0. The van der Waals surface area contributed by atoms with Gasteiger partial charge in [-0.2, -0.15) is 0 Å². The van der Waals surface area contributed by atoms with Crippen LogP contribution in [0, 0.1) is 0 Å². The van der Waals surface area contributed by atoms with Crippen LogP contribution in [0.4, 0.5) is 0 Å². The Morgan fingerprint density at radius 1 is 1.71 bits per heavy atom. The van der Waals surface area contributed by atoms with Crippen molar-refractivity contribution < 1.29 is 11.0 Å². The summed E-state index contributed by atoms with van der Waals surface area (Å²) in [6, 6.07) is 0. The van der Waals surface area contributed by atoms with Gasteiger partial charge in [-0.25, -0.2) is 0 Å². The quantitative estimate of drug-likeness (QED) is 0.414. The van der Waals surface area contributed by atoms with Gasteiger partial charge in [-0.15, -0.1) is 0 Å². The first-order chi connectivity index (χ1) is 3.62. The minimum Gasteiger partial charge on any atom is -0.850 e. The van der Waals surface area contributed by atoms with E-state index in [1.165, 1.54) is 0 Å². The molecule has 0 amide bonds. The van der Waals surface area contributed by atoms with E-state index in [4.69, 9.17) is 1.37 Å². The van der Waals surface area contributed by atoms with E-state index in [1.54, 1.807) is 0 Å². The lowest BCUT2D eigenvalue weighted by Crippen LogP contribution is -2.39. The van der Waals surface area contributed by atoms with Gasteiger partial charge in [0.15, 0.2) is 0 Å². The zero-order valence-electron chi connectivity index (χ0n) is 5.98. The van der Waals surface area contributed by atoms with Gasteiger partial charge in [0.2, 0.25) is 0 Å². The van der Waals surface area contributed by atoms with Crippen molar-refractivity contribution in [3.63, 3.8) is 0 Å². The van der Waals surface area contributed by atoms with E-state index in [1.807, 2.05) is 14.1 Å². The van der Waals surface area contributed by atoms with Gasteiger partial charge >= 0.3 is 0 Å². The topological polar surface area (TPSA) is 23.1 Å². The maximum atomic E-state index is 10.0. The first-order valence-corrected chi connectivity index (χ1v) is 2.32. The molecular weight excluding hydrogens is 90.1 g/mol. The molecule has 0 rings (SSSR count). The molecule has 0 saturated heterocycles. The highest BCUT2D eigenvalue weighted by Crippen LogP contribution is 1.83. The summed E-state index contributed by atoms with van der Waals surface area (Å²) in [5.41, 5.74) is 0. The smallest absolute Gasteiger partial charge is 0.0886 e. The van der Waals surface area contributed by atoms with Gasteiger partial charge in [0.25, 0.3) is 0 Å². The number of rotatable bonds is 2. The Kier molecular flexibility index (Phi) is 1.65. The van der Waals surface area contributed by atoms with Crippen LogP contribution < -0.4 is 5.11 Å². The second-order valence-corrected chi connectivity index (χ2v) is 2.36. The minimum absolute atomic E-state index is 0.0775. The highest BCUT2D eigenvalue weighted by atomic mass is 16.3. The van der Waals surface area contributed by atoms with Crippen molar-refractivity contribution >= 4 is 0 Å². The SMILES string of the molecule is [2H]C[N+](C)(C)CC[O-]. The van der Waals surface area contributed by atoms with Gasteiger partial charge < -0.3 is 9.59 Å². The van der Waals surface area contributed by atoms with Gasteiger partial charge in [0, 0.05) is 0 Å². The molecule has 2 heteroatoms.